The summed E-state index contributed by atoms with van der Waals surface area (Å²) >= 11 is 0. The SMILES string of the molecule is C=CC[C@H](O[Si](C)(C)C(C)(C)C)c1ccc(OC)cc1. The third-order valence-corrected chi connectivity index (χ3v) is 8.60. The van der Waals surface area contributed by atoms with E-state index in [2.05, 4.69) is 52.6 Å². The molecule has 0 heterocycles. The number of hydrogen-bond donors (Lipinski definition) is 0. The third-order valence-electron chi connectivity index (χ3n) is 4.11. The Morgan fingerprint density at radius 3 is 2.15 bits per heavy atom. The van der Waals surface area contributed by atoms with Crippen molar-refractivity contribution in [3.05, 3.63) is 42.5 Å². The van der Waals surface area contributed by atoms with E-state index in [0.717, 1.165) is 12.2 Å². The Balaban J connectivity index is 2.96. The van der Waals surface area contributed by atoms with Crippen LogP contribution in [0.3, 0.4) is 0 Å². The van der Waals surface area contributed by atoms with Crippen molar-refractivity contribution in [1.82, 2.24) is 0 Å². The van der Waals surface area contributed by atoms with E-state index in [-0.39, 0.29) is 11.1 Å². The molecule has 0 spiro atoms. The Morgan fingerprint density at radius 2 is 1.75 bits per heavy atom. The van der Waals surface area contributed by atoms with Crippen molar-refractivity contribution in [2.24, 2.45) is 0 Å². The molecule has 1 rings (SSSR count). The maximum Gasteiger partial charge on any atom is 0.192 e. The lowest BCUT2D eigenvalue weighted by Crippen LogP contribution is -2.41. The maximum atomic E-state index is 6.53. The van der Waals surface area contributed by atoms with Crippen LogP contribution in [0.5, 0.6) is 5.75 Å². The highest BCUT2D eigenvalue weighted by atomic mass is 28.4. The molecule has 0 unspecified atom stereocenters. The molecule has 1 aromatic carbocycles. The van der Waals surface area contributed by atoms with E-state index in [1.165, 1.54) is 5.56 Å². The molecule has 1 atom stereocenters. The van der Waals surface area contributed by atoms with Gasteiger partial charge in [-0.25, -0.2) is 0 Å². The van der Waals surface area contributed by atoms with Crippen molar-refractivity contribution in [1.29, 1.82) is 0 Å². The van der Waals surface area contributed by atoms with E-state index < -0.39 is 8.32 Å². The fraction of sp³-hybridized carbons (Fsp3) is 0.529. The Bertz CT molecular complexity index is 429. The Morgan fingerprint density at radius 1 is 1.20 bits per heavy atom. The van der Waals surface area contributed by atoms with Crippen LogP contribution in [-0.4, -0.2) is 15.4 Å². The first-order chi connectivity index (χ1) is 9.21. The topological polar surface area (TPSA) is 18.5 Å². The van der Waals surface area contributed by atoms with Crippen LogP contribution in [0.15, 0.2) is 36.9 Å². The number of hydrogen-bond acceptors (Lipinski definition) is 2. The molecule has 3 heteroatoms. The van der Waals surface area contributed by atoms with Gasteiger partial charge in [-0.1, -0.05) is 39.0 Å². The van der Waals surface area contributed by atoms with E-state index in [1.807, 2.05) is 18.2 Å². The van der Waals surface area contributed by atoms with Crippen LogP contribution in [0, 0.1) is 0 Å². The molecule has 0 aromatic heterocycles. The van der Waals surface area contributed by atoms with Gasteiger partial charge >= 0.3 is 0 Å². The average Bonchev–Trinajstić information content (AvgIpc) is 2.37. The summed E-state index contributed by atoms with van der Waals surface area (Å²) in [6.07, 6.45) is 2.85. The van der Waals surface area contributed by atoms with Crippen molar-refractivity contribution in [2.45, 2.75) is 51.4 Å². The van der Waals surface area contributed by atoms with Crippen molar-refractivity contribution in [3.63, 3.8) is 0 Å². The van der Waals surface area contributed by atoms with Crippen molar-refractivity contribution in [2.75, 3.05) is 7.11 Å². The second-order valence-electron chi connectivity index (χ2n) is 6.66. The van der Waals surface area contributed by atoms with Crippen LogP contribution in [0.25, 0.3) is 0 Å². The molecular weight excluding hydrogens is 264 g/mol. The van der Waals surface area contributed by atoms with Crippen molar-refractivity contribution >= 4 is 8.32 Å². The molecule has 112 valence electrons. The van der Waals surface area contributed by atoms with Gasteiger partial charge in [-0.15, -0.1) is 6.58 Å². The molecule has 0 aliphatic heterocycles. The average molecular weight is 292 g/mol. The summed E-state index contributed by atoms with van der Waals surface area (Å²) in [7, 11) is -0.106. The fourth-order valence-electron chi connectivity index (χ4n) is 1.75. The quantitative estimate of drug-likeness (QED) is 0.521. The van der Waals surface area contributed by atoms with Gasteiger partial charge in [0.15, 0.2) is 8.32 Å². The zero-order valence-corrected chi connectivity index (χ0v) is 14.7. The smallest absolute Gasteiger partial charge is 0.192 e. The number of methoxy groups -OCH3 is 1. The summed E-state index contributed by atoms with van der Waals surface area (Å²) in [6, 6.07) is 8.14. The van der Waals surface area contributed by atoms with Gasteiger partial charge in [0.05, 0.1) is 13.2 Å². The minimum Gasteiger partial charge on any atom is -0.497 e. The largest absolute Gasteiger partial charge is 0.497 e. The summed E-state index contributed by atoms with van der Waals surface area (Å²) in [4.78, 5) is 0. The molecule has 1 aromatic rings. The molecule has 0 radical (unpaired) electrons. The Kier molecular flexibility index (Phi) is 5.60. The number of ether oxygens (including phenoxy) is 1. The van der Waals surface area contributed by atoms with Crippen LogP contribution in [0.1, 0.15) is 38.9 Å². The van der Waals surface area contributed by atoms with Gasteiger partial charge in [0.2, 0.25) is 0 Å². The van der Waals surface area contributed by atoms with E-state index in [0.29, 0.717) is 0 Å². The van der Waals surface area contributed by atoms with E-state index in [9.17, 15) is 0 Å². The van der Waals surface area contributed by atoms with Crippen LogP contribution in [0.2, 0.25) is 18.1 Å². The lowest BCUT2D eigenvalue weighted by atomic mass is 10.1. The fourth-order valence-corrected chi connectivity index (χ4v) is 3.05. The first kappa shape index (κ1) is 17.0. The van der Waals surface area contributed by atoms with Crippen LogP contribution in [-0.2, 0) is 4.43 Å². The number of rotatable bonds is 6. The lowest BCUT2D eigenvalue weighted by molar-refractivity contribution is 0.186. The maximum absolute atomic E-state index is 6.53. The molecular formula is C17H28O2Si. The van der Waals surface area contributed by atoms with Crippen molar-refractivity contribution < 1.29 is 9.16 Å². The highest BCUT2D eigenvalue weighted by molar-refractivity contribution is 6.74. The zero-order chi connectivity index (χ0) is 15.4. The van der Waals surface area contributed by atoms with Crippen LogP contribution in [0.4, 0.5) is 0 Å². The van der Waals surface area contributed by atoms with Gasteiger partial charge in [-0.2, -0.15) is 0 Å². The summed E-state index contributed by atoms with van der Waals surface area (Å²) in [5, 5.41) is 0.207. The summed E-state index contributed by atoms with van der Waals surface area (Å²) < 4.78 is 11.7. The molecule has 0 aliphatic carbocycles. The van der Waals surface area contributed by atoms with E-state index >= 15 is 0 Å². The molecule has 0 bridgehead atoms. The normalized spacial score (nSPS) is 13.9. The first-order valence-corrected chi connectivity index (χ1v) is 10.0. The summed E-state index contributed by atoms with van der Waals surface area (Å²) in [6.45, 7) is 15.2. The predicted molar refractivity (Wildman–Crippen MR) is 88.8 cm³/mol. The Labute approximate surface area is 124 Å². The van der Waals surface area contributed by atoms with Crippen molar-refractivity contribution in [3.8, 4) is 5.75 Å². The molecule has 0 aliphatic rings. The predicted octanol–water partition coefficient (Wildman–Crippen LogP) is 5.33. The highest BCUT2D eigenvalue weighted by Gasteiger charge is 2.39. The molecule has 0 saturated heterocycles. The molecule has 0 fully saturated rings. The van der Waals surface area contributed by atoms with Gasteiger partial charge in [-0.3, -0.25) is 0 Å². The molecule has 0 amide bonds. The lowest BCUT2D eigenvalue weighted by Gasteiger charge is -2.39. The Hall–Kier alpha value is -1.06. The summed E-state index contributed by atoms with van der Waals surface area (Å²) in [5.74, 6) is 0.874. The zero-order valence-electron chi connectivity index (χ0n) is 13.7. The number of benzene rings is 1. The van der Waals surface area contributed by atoms with Gasteiger partial charge in [-0.05, 0) is 42.2 Å². The van der Waals surface area contributed by atoms with Gasteiger partial charge in [0, 0.05) is 0 Å². The minimum atomic E-state index is -1.79. The van der Waals surface area contributed by atoms with Crippen LogP contribution < -0.4 is 4.74 Å². The van der Waals surface area contributed by atoms with E-state index in [4.69, 9.17) is 9.16 Å². The standard InChI is InChI=1S/C17H28O2Si/c1-8-9-16(19-20(6,7)17(2,3)4)14-10-12-15(18-5)13-11-14/h8,10-13,16H,1,9H2,2-7H3/t16-/m0/s1. The van der Waals surface area contributed by atoms with Crippen LogP contribution >= 0.6 is 0 Å². The molecule has 0 N–H and O–H groups in total. The highest BCUT2D eigenvalue weighted by Crippen LogP contribution is 2.40. The molecule has 20 heavy (non-hydrogen) atoms. The first-order valence-electron chi connectivity index (χ1n) is 7.14. The molecule has 2 nitrogen and oxygen atoms in total. The second kappa shape index (κ2) is 6.59. The van der Waals surface area contributed by atoms with Gasteiger partial charge in [0.25, 0.3) is 0 Å². The van der Waals surface area contributed by atoms with E-state index in [1.54, 1.807) is 7.11 Å². The molecule has 0 saturated carbocycles. The third kappa shape index (κ3) is 4.22. The monoisotopic (exact) mass is 292 g/mol. The second-order valence-corrected chi connectivity index (χ2v) is 11.4. The van der Waals surface area contributed by atoms with Gasteiger partial charge in [0.1, 0.15) is 5.75 Å². The summed E-state index contributed by atoms with van der Waals surface area (Å²) in [5.41, 5.74) is 1.19. The van der Waals surface area contributed by atoms with Gasteiger partial charge < -0.3 is 9.16 Å². The minimum absolute atomic E-state index is 0.0827.